The lowest BCUT2D eigenvalue weighted by Gasteiger charge is -2.23. The standard InChI is InChI=1S/C21H25N3O3S/c1-15-5-7-18-17(13-15)23-21(27-18)28-14-16-6-8-19(26-16)20(25)22-9-12-24-10-3-2-4-11-24/h5-8,13H,2-4,9-12,14H2,1H3,(H,22,25)/p+1. The first-order valence-electron chi connectivity index (χ1n) is 9.88. The van der Waals surface area contributed by atoms with E-state index in [0.717, 1.165) is 29.0 Å². The van der Waals surface area contributed by atoms with Crippen molar-refractivity contribution in [1.29, 1.82) is 0 Å². The second kappa shape index (κ2) is 8.84. The summed E-state index contributed by atoms with van der Waals surface area (Å²) in [7, 11) is 0. The number of oxazole rings is 1. The fraction of sp³-hybridized carbons (Fsp3) is 0.429. The maximum atomic E-state index is 12.3. The number of furan rings is 1. The zero-order valence-electron chi connectivity index (χ0n) is 16.1. The first-order chi connectivity index (χ1) is 13.7. The molecule has 0 aliphatic carbocycles. The van der Waals surface area contributed by atoms with Crippen LogP contribution in [0.15, 0.2) is 44.4 Å². The van der Waals surface area contributed by atoms with Crippen molar-refractivity contribution >= 4 is 28.8 Å². The fourth-order valence-corrected chi connectivity index (χ4v) is 4.26. The largest absolute Gasteiger partial charge is 0.455 e. The summed E-state index contributed by atoms with van der Waals surface area (Å²) in [6.07, 6.45) is 3.93. The molecule has 148 valence electrons. The average Bonchev–Trinajstić information content (AvgIpc) is 3.33. The van der Waals surface area contributed by atoms with Gasteiger partial charge in [-0.05, 0) is 56.0 Å². The summed E-state index contributed by atoms with van der Waals surface area (Å²) in [6, 6.07) is 9.51. The van der Waals surface area contributed by atoms with E-state index in [1.54, 1.807) is 11.0 Å². The van der Waals surface area contributed by atoms with E-state index < -0.39 is 0 Å². The van der Waals surface area contributed by atoms with E-state index in [-0.39, 0.29) is 5.91 Å². The predicted molar refractivity (Wildman–Crippen MR) is 109 cm³/mol. The molecule has 2 aromatic heterocycles. The average molecular weight is 401 g/mol. The molecule has 1 aromatic carbocycles. The van der Waals surface area contributed by atoms with Crippen molar-refractivity contribution in [3.05, 3.63) is 47.4 Å². The quantitative estimate of drug-likeness (QED) is 0.597. The number of aryl methyl sites for hydroxylation is 1. The summed E-state index contributed by atoms with van der Waals surface area (Å²) in [4.78, 5) is 18.3. The Morgan fingerprint density at radius 2 is 2.04 bits per heavy atom. The molecule has 2 N–H and O–H groups in total. The normalized spacial score (nSPS) is 15.2. The number of aromatic nitrogens is 1. The molecule has 3 aromatic rings. The van der Waals surface area contributed by atoms with E-state index in [0.29, 0.717) is 23.3 Å². The van der Waals surface area contributed by atoms with Crippen molar-refractivity contribution in [3.63, 3.8) is 0 Å². The number of thioether (sulfide) groups is 1. The molecule has 7 heteroatoms. The Morgan fingerprint density at radius 3 is 2.89 bits per heavy atom. The van der Waals surface area contributed by atoms with Gasteiger partial charge < -0.3 is 19.1 Å². The molecule has 1 amide bonds. The first-order valence-corrected chi connectivity index (χ1v) is 10.9. The van der Waals surface area contributed by atoms with Crippen LogP contribution in [0.4, 0.5) is 0 Å². The van der Waals surface area contributed by atoms with Crippen LogP contribution in [0.5, 0.6) is 0 Å². The number of hydrogen-bond acceptors (Lipinski definition) is 5. The van der Waals surface area contributed by atoms with E-state index in [4.69, 9.17) is 8.83 Å². The van der Waals surface area contributed by atoms with E-state index in [1.807, 2.05) is 31.2 Å². The van der Waals surface area contributed by atoms with Crippen molar-refractivity contribution in [2.75, 3.05) is 26.2 Å². The van der Waals surface area contributed by atoms with Gasteiger partial charge in [-0.2, -0.15) is 0 Å². The topological polar surface area (TPSA) is 72.7 Å². The molecule has 1 saturated heterocycles. The third kappa shape index (κ3) is 4.77. The lowest BCUT2D eigenvalue weighted by atomic mass is 10.1. The Labute approximate surface area is 168 Å². The summed E-state index contributed by atoms with van der Waals surface area (Å²) in [5.74, 6) is 1.51. The Bertz CT molecular complexity index is 943. The van der Waals surface area contributed by atoms with Gasteiger partial charge in [-0.1, -0.05) is 17.8 Å². The second-order valence-electron chi connectivity index (χ2n) is 7.32. The van der Waals surface area contributed by atoms with Gasteiger partial charge in [0, 0.05) is 0 Å². The maximum absolute atomic E-state index is 12.3. The van der Waals surface area contributed by atoms with E-state index >= 15 is 0 Å². The van der Waals surface area contributed by atoms with Gasteiger partial charge in [-0.25, -0.2) is 4.98 Å². The van der Waals surface area contributed by atoms with Crippen LogP contribution in [0.3, 0.4) is 0 Å². The van der Waals surface area contributed by atoms with Gasteiger partial charge in [-0.3, -0.25) is 4.79 Å². The van der Waals surface area contributed by atoms with Crippen LogP contribution in [-0.2, 0) is 5.75 Å². The molecule has 28 heavy (non-hydrogen) atoms. The van der Waals surface area contributed by atoms with Crippen LogP contribution >= 0.6 is 11.8 Å². The van der Waals surface area contributed by atoms with Crippen molar-refractivity contribution < 1.29 is 18.5 Å². The zero-order valence-corrected chi connectivity index (χ0v) is 16.9. The lowest BCUT2D eigenvalue weighted by molar-refractivity contribution is -0.903. The Kier molecular flexibility index (Phi) is 6.02. The van der Waals surface area contributed by atoms with Gasteiger partial charge in [0.1, 0.15) is 11.3 Å². The number of amides is 1. The lowest BCUT2D eigenvalue weighted by Crippen LogP contribution is -3.13. The molecule has 1 aliphatic heterocycles. The van der Waals surface area contributed by atoms with Crippen LogP contribution in [0, 0.1) is 6.92 Å². The SMILES string of the molecule is Cc1ccc2oc(SCc3ccc(C(=O)NCC[NH+]4CCCCC4)o3)nc2c1. The van der Waals surface area contributed by atoms with Crippen molar-refractivity contribution in [2.45, 2.75) is 37.2 Å². The highest BCUT2D eigenvalue weighted by Gasteiger charge is 2.16. The minimum atomic E-state index is -0.148. The predicted octanol–water partition coefficient (Wildman–Crippen LogP) is 2.82. The highest BCUT2D eigenvalue weighted by Crippen LogP contribution is 2.27. The van der Waals surface area contributed by atoms with E-state index in [2.05, 4.69) is 10.3 Å². The number of nitrogens with zero attached hydrogens (tertiary/aromatic N) is 1. The van der Waals surface area contributed by atoms with Gasteiger partial charge >= 0.3 is 0 Å². The summed E-state index contributed by atoms with van der Waals surface area (Å²) < 4.78 is 11.4. The summed E-state index contributed by atoms with van der Waals surface area (Å²) in [5, 5.41) is 3.57. The van der Waals surface area contributed by atoms with Crippen molar-refractivity contribution in [1.82, 2.24) is 10.3 Å². The number of likely N-dealkylation sites (tertiary alicyclic amines) is 1. The molecule has 0 radical (unpaired) electrons. The molecular weight excluding hydrogens is 374 g/mol. The fourth-order valence-electron chi connectivity index (χ4n) is 3.53. The number of quaternary nitrogens is 1. The van der Waals surface area contributed by atoms with Gasteiger partial charge in [0.25, 0.3) is 11.1 Å². The zero-order chi connectivity index (χ0) is 19.3. The smallest absolute Gasteiger partial charge is 0.287 e. The van der Waals surface area contributed by atoms with Crippen LogP contribution in [0.25, 0.3) is 11.1 Å². The van der Waals surface area contributed by atoms with E-state index in [1.165, 1.54) is 44.1 Å². The highest BCUT2D eigenvalue weighted by molar-refractivity contribution is 7.98. The molecular formula is C21H26N3O3S+. The monoisotopic (exact) mass is 400 g/mol. The number of hydrogen-bond donors (Lipinski definition) is 2. The van der Waals surface area contributed by atoms with Gasteiger partial charge in [0.15, 0.2) is 11.3 Å². The molecule has 0 spiro atoms. The highest BCUT2D eigenvalue weighted by atomic mass is 32.2. The molecule has 1 fully saturated rings. The van der Waals surface area contributed by atoms with Crippen molar-refractivity contribution in [2.24, 2.45) is 0 Å². The number of carbonyl (C=O) groups excluding carboxylic acids is 1. The molecule has 1 aliphatic rings. The second-order valence-corrected chi connectivity index (χ2v) is 8.25. The minimum Gasteiger partial charge on any atom is -0.455 e. The third-order valence-corrected chi connectivity index (χ3v) is 5.92. The molecule has 4 rings (SSSR count). The number of rotatable bonds is 7. The maximum Gasteiger partial charge on any atom is 0.287 e. The first kappa shape index (κ1) is 19.1. The van der Waals surface area contributed by atoms with E-state index in [9.17, 15) is 4.79 Å². The summed E-state index contributed by atoms with van der Waals surface area (Å²) in [6.45, 7) is 6.12. The number of fused-ring (bicyclic) bond motifs is 1. The van der Waals surface area contributed by atoms with Gasteiger partial charge in [0.2, 0.25) is 0 Å². The van der Waals surface area contributed by atoms with Crippen LogP contribution < -0.4 is 10.2 Å². The molecule has 0 atom stereocenters. The number of piperidine rings is 1. The Hall–Kier alpha value is -2.25. The molecule has 3 heterocycles. The molecule has 6 nitrogen and oxygen atoms in total. The minimum absolute atomic E-state index is 0.148. The summed E-state index contributed by atoms with van der Waals surface area (Å²) >= 11 is 1.46. The van der Waals surface area contributed by atoms with Crippen LogP contribution in [0.1, 0.15) is 41.1 Å². The number of carbonyl (C=O) groups is 1. The van der Waals surface area contributed by atoms with Gasteiger partial charge in [0.05, 0.1) is 31.9 Å². The number of nitrogens with one attached hydrogen (secondary N) is 2. The Morgan fingerprint density at radius 1 is 1.18 bits per heavy atom. The van der Waals surface area contributed by atoms with Crippen LogP contribution in [-0.4, -0.2) is 37.1 Å². The molecule has 0 bridgehead atoms. The van der Waals surface area contributed by atoms with Gasteiger partial charge in [-0.15, -0.1) is 0 Å². The van der Waals surface area contributed by atoms with Crippen molar-refractivity contribution in [3.8, 4) is 0 Å². The molecule has 0 saturated carbocycles. The summed E-state index contributed by atoms with van der Waals surface area (Å²) in [5.41, 5.74) is 2.79. The number of benzene rings is 1. The third-order valence-electron chi connectivity index (χ3n) is 5.07. The Balaban J connectivity index is 1.26. The van der Waals surface area contributed by atoms with Crippen LogP contribution in [0.2, 0.25) is 0 Å². The molecule has 0 unspecified atom stereocenters.